The van der Waals surface area contributed by atoms with Gasteiger partial charge in [0.15, 0.2) is 0 Å². The second-order valence-electron chi connectivity index (χ2n) is 4.05. The number of halogens is 4. The first kappa shape index (κ1) is 18.8. The lowest BCUT2D eigenvalue weighted by Gasteiger charge is -2.20. The molecule has 8 heteroatoms. The Bertz CT molecular complexity index is 407. The van der Waals surface area contributed by atoms with Gasteiger partial charge in [0.1, 0.15) is 17.5 Å². The van der Waals surface area contributed by atoms with Crippen LogP contribution in [-0.4, -0.2) is 31.5 Å². The number of rotatable bonds is 5. The van der Waals surface area contributed by atoms with Crippen LogP contribution in [-0.2, 0) is 0 Å². The molecule has 0 saturated heterocycles. The van der Waals surface area contributed by atoms with Crippen molar-refractivity contribution in [1.82, 2.24) is 0 Å². The first-order valence-electron chi connectivity index (χ1n) is 5.51. The molecule has 0 unspecified atom stereocenters. The summed E-state index contributed by atoms with van der Waals surface area (Å²) >= 11 is 0. The number of hydrogen-bond donors (Lipinski definition) is 2. The van der Waals surface area contributed by atoms with Crippen LogP contribution in [0.4, 0.5) is 13.2 Å². The molecule has 0 saturated carbocycles. The number of ether oxygens (including phenoxy) is 2. The van der Waals surface area contributed by atoms with Gasteiger partial charge in [0.25, 0.3) is 0 Å². The average Bonchev–Trinajstić information content (AvgIpc) is 2.36. The minimum atomic E-state index is -4.54. The summed E-state index contributed by atoms with van der Waals surface area (Å²) < 4.78 is 46.9. The number of hydrogen-bond acceptors (Lipinski definition) is 4. The van der Waals surface area contributed by atoms with E-state index in [-0.39, 0.29) is 18.0 Å². The van der Waals surface area contributed by atoms with E-state index in [9.17, 15) is 18.3 Å². The van der Waals surface area contributed by atoms with Crippen molar-refractivity contribution >= 4 is 12.4 Å². The average molecular weight is 316 g/mol. The fraction of sp³-hybridized carbons (Fsp3) is 0.500. The number of aliphatic hydroxyl groups is 1. The van der Waals surface area contributed by atoms with Gasteiger partial charge < -0.3 is 20.3 Å². The molecule has 0 aliphatic carbocycles. The van der Waals surface area contributed by atoms with E-state index in [1.54, 1.807) is 6.07 Å². The van der Waals surface area contributed by atoms with Crippen LogP contribution < -0.4 is 15.2 Å². The van der Waals surface area contributed by atoms with Crippen LogP contribution in [0.15, 0.2) is 18.2 Å². The molecule has 0 heterocycles. The topological polar surface area (TPSA) is 64.7 Å². The number of nitrogens with two attached hydrogens (primary N) is 1. The van der Waals surface area contributed by atoms with Gasteiger partial charge in [-0.2, -0.15) is 13.2 Å². The van der Waals surface area contributed by atoms with Crippen molar-refractivity contribution in [2.75, 3.05) is 14.2 Å². The molecule has 1 rings (SSSR count). The highest BCUT2D eigenvalue weighted by Gasteiger charge is 2.38. The lowest BCUT2D eigenvalue weighted by atomic mass is 10.0. The maximum absolute atomic E-state index is 12.3. The SMILES string of the molecule is COc1cc(OC)cc([C@H](O)C[C@H](N)C(F)(F)F)c1.Cl. The number of benzene rings is 1. The van der Waals surface area contributed by atoms with Gasteiger partial charge in [-0.15, -0.1) is 12.4 Å². The Morgan fingerprint density at radius 3 is 1.95 bits per heavy atom. The zero-order valence-electron chi connectivity index (χ0n) is 11.0. The third-order valence-corrected chi connectivity index (χ3v) is 2.66. The zero-order chi connectivity index (χ0) is 14.6. The minimum absolute atomic E-state index is 0. The third-order valence-electron chi connectivity index (χ3n) is 2.66. The molecule has 0 aromatic heterocycles. The molecule has 2 atom stereocenters. The van der Waals surface area contributed by atoms with E-state index in [0.717, 1.165) is 0 Å². The molecule has 1 aromatic carbocycles. The van der Waals surface area contributed by atoms with Gasteiger partial charge in [-0.25, -0.2) is 0 Å². The van der Waals surface area contributed by atoms with Crippen LogP contribution in [0.1, 0.15) is 18.1 Å². The summed E-state index contributed by atoms with van der Waals surface area (Å²) in [7, 11) is 2.82. The molecule has 116 valence electrons. The summed E-state index contributed by atoms with van der Waals surface area (Å²) in [6, 6.07) is 2.35. The predicted octanol–water partition coefficient (Wildman–Crippen LogP) is 2.44. The van der Waals surface area contributed by atoms with Crippen molar-refractivity contribution in [3.05, 3.63) is 23.8 Å². The predicted molar refractivity (Wildman–Crippen MR) is 70.4 cm³/mol. The van der Waals surface area contributed by atoms with Crippen LogP contribution in [0, 0.1) is 0 Å². The molecule has 4 nitrogen and oxygen atoms in total. The second kappa shape index (κ2) is 7.56. The quantitative estimate of drug-likeness (QED) is 0.876. The summed E-state index contributed by atoms with van der Waals surface area (Å²) in [6.07, 6.45) is -6.51. The van der Waals surface area contributed by atoms with E-state index in [4.69, 9.17) is 15.2 Å². The van der Waals surface area contributed by atoms with Crippen LogP contribution in [0.3, 0.4) is 0 Å². The Morgan fingerprint density at radius 1 is 1.15 bits per heavy atom. The van der Waals surface area contributed by atoms with Crippen molar-refractivity contribution in [2.24, 2.45) is 5.73 Å². The van der Waals surface area contributed by atoms with Gasteiger partial charge in [-0.1, -0.05) is 0 Å². The van der Waals surface area contributed by atoms with Crippen molar-refractivity contribution < 1.29 is 27.8 Å². The normalized spacial score (nSPS) is 14.2. The van der Waals surface area contributed by atoms with Gasteiger partial charge in [-0.05, 0) is 17.7 Å². The van der Waals surface area contributed by atoms with Crippen LogP contribution in [0.5, 0.6) is 11.5 Å². The molecule has 0 fully saturated rings. The number of aliphatic hydroxyl groups excluding tert-OH is 1. The summed E-state index contributed by atoms with van der Waals surface area (Å²) in [6.45, 7) is 0. The summed E-state index contributed by atoms with van der Waals surface area (Å²) in [5.74, 6) is 0.767. The molecular weight excluding hydrogens is 299 g/mol. The Balaban J connectivity index is 0.00000361. The Labute approximate surface area is 121 Å². The van der Waals surface area contributed by atoms with Crippen LogP contribution in [0.2, 0.25) is 0 Å². The molecule has 0 spiro atoms. The van der Waals surface area contributed by atoms with Gasteiger partial charge in [0.05, 0.1) is 20.3 Å². The van der Waals surface area contributed by atoms with Crippen molar-refractivity contribution in [2.45, 2.75) is 24.7 Å². The maximum Gasteiger partial charge on any atom is 0.403 e. The fourth-order valence-corrected chi connectivity index (χ4v) is 1.53. The number of methoxy groups -OCH3 is 2. The fourth-order valence-electron chi connectivity index (χ4n) is 1.53. The Kier molecular flexibility index (Phi) is 7.12. The molecule has 0 aliphatic rings. The van der Waals surface area contributed by atoms with Crippen LogP contribution in [0.25, 0.3) is 0 Å². The smallest absolute Gasteiger partial charge is 0.403 e. The lowest BCUT2D eigenvalue weighted by molar-refractivity contribution is -0.153. The molecule has 0 aliphatic heterocycles. The van der Waals surface area contributed by atoms with E-state index < -0.39 is 24.7 Å². The summed E-state index contributed by atoms with van der Waals surface area (Å²) in [5.41, 5.74) is 5.24. The first-order chi connectivity index (χ1) is 8.77. The molecule has 0 bridgehead atoms. The number of alkyl halides is 3. The molecule has 0 radical (unpaired) electrons. The largest absolute Gasteiger partial charge is 0.497 e. The van der Waals surface area contributed by atoms with E-state index in [2.05, 4.69) is 0 Å². The third kappa shape index (κ3) is 5.07. The van der Waals surface area contributed by atoms with E-state index in [0.29, 0.717) is 11.5 Å². The maximum atomic E-state index is 12.3. The molecular formula is C12H17ClF3NO3. The first-order valence-corrected chi connectivity index (χ1v) is 5.51. The standard InChI is InChI=1S/C12H16F3NO3.ClH/c1-18-8-3-7(4-9(5-8)19-2)10(17)6-11(16)12(13,14)15;/h3-5,10-11,17H,6,16H2,1-2H3;1H/t10-,11+;/m1./s1. The van der Waals surface area contributed by atoms with Crippen molar-refractivity contribution in [1.29, 1.82) is 0 Å². The Morgan fingerprint density at radius 2 is 1.60 bits per heavy atom. The van der Waals surface area contributed by atoms with Gasteiger partial charge in [0.2, 0.25) is 0 Å². The molecule has 1 aromatic rings. The highest BCUT2D eigenvalue weighted by molar-refractivity contribution is 5.85. The van der Waals surface area contributed by atoms with Gasteiger partial charge >= 0.3 is 6.18 Å². The minimum Gasteiger partial charge on any atom is -0.497 e. The monoisotopic (exact) mass is 315 g/mol. The highest BCUT2D eigenvalue weighted by Crippen LogP contribution is 2.31. The molecule has 3 N–H and O–H groups in total. The van der Waals surface area contributed by atoms with E-state index >= 15 is 0 Å². The zero-order valence-corrected chi connectivity index (χ0v) is 11.8. The molecule has 20 heavy (non-hydrogen) atoms. The highest BCUT2D eigenvalue weighted by atomic mass is 35.5. The van der Waals surface area contributed by atoms with E-state index in [1.165, 1.54) is 26.4 Å². The summed E-state index contributed by atoms with van der Waals surface area (Å²) in [5, 5.41) is 9.80. The van der Waals surface area contributed by atoms with Crippen molar-refractivity contribution in [3.63, 3.8) is 0 Å². The van der Waals surface area contributed by atoms with Gasteiger partial charge in [-0.3, -0.25) is 0 Å². The summed E-state index contributed by atoms with van der Waals surface area (Å²) in [4.78, 5) is 0. The second-order valence-corrected chi connectivity index (χ2v) is 4.05. The molecule has 0 amide bonds. The lowest BCUT2D eigenvalue weighted by Crippen LogP contribution is -2.38. The van der Waals surface area contributed by atoms with Gasteiger partial charge in [0, 0.05) is 12.5 Å². The van der Waals surface area contributed by atoms with E-state index in [1.807, 2.05) is 0 Å². The van der Waals surface area contributed by atoms with Crippen LogP contribution >= 0.6 is 12.4 Å². The Hall–Kier alpha value is -1.18. The van der Waals surface area contributed by atoms with Crippen molar-refractivity contribution in [3.8, 4) is 11.5 Å².